The van der Waals surface area contributed by atoms with E-state index in [-0.39, 0.29) is 17.0 Å². The first-order valence-electron chi connectivity index (χ1n) is 13.2. The number of alkyl halides is 3. The molecule has 1 fully saturated rings. The minimum Gasteiger partial charge on any atom is -0.448 e. The highest BCUT2D eigenvalue weighted by Crippen LogP contribution is 2.42. The van der Waals surface area contributed by atoms with E-state index in [1.54, 1.807) is 81.4 Å². The molecule has 0 bridgehead atoms. The predicted molar refractivity (Wildman–Crippen MR) is 154 cm³/mol. The monoisotopic (exact) mass is 654 g/mol. The highest BCUT2D eigenvalue weighted by Gasteiger charge is 2.55. The normalized spacial score (nSPS) is 19.2. The fraction of sp³-hybridized carbons (Fsp3) is 0.345. The first kappa shape index (κ1) is 32.9. The zero-order valence-electron chi connectivity index (χ0n) is 24.0. The molecule has 0 saturated carbocycles. The number of benzene rings is 2. The van der Waals surface area contributed by atoms with E-state index >= 15 is 0 Å². The maximum Gasteiger partial charge on any atom is 0.534 e. The summed E-state index contributed by atoms with van der Waals surface area (Å²) in [6.07, 6.45) is -0.860. The molecule has 2 aliphatic rings. The second-order valence-corrected chi connectivity index (χ2v) is 13.4. The molecule has 2 aromatic rings. The Morgan fingerprint density at radius 3 is 2.07 bits per heavy atom. The second-order valence-electron chi connectivity index (χ2n) is 10.8. The predicted octanol–water partition coefficient (Wildman–Crippen LogP) is 5.15. The number of hydrogen-bond acceptors (Lipinski definition) is 9. The Labute approximate surface area is 256 Å². The van der Waals surface area contributed by atoms with Gasteiger partial charge in [-0.25, -0.2) is 9.59 Å². The first-order valence-corrected chi connectivity index (χ1v) is 15.6. The summed E-state index contributed by atoms with van der Waals surface area (Å²) in [4.78, 5) is 40.7. The molecule has 2 unspecified atom stereocenters. The lowest BCUT2D eigenvalue weighted by molar-refractivity contribution is -0.153. The molecule has 2 heterocycles. The van der Waals surface area contributed by atoms with Gasteiger partial charge in [-0.15, -0.1) is 11.8 Å². The highest BCUT2D eigenvalue weighted by atomic mass is 32.2. The lowest BCUT2D eigenvalue weighted by Gasteiger charge is -2.49. The molecule has 2 aromatic carbocycles. The molecule has 1 saturated heterocycles. The third-order valence-corrected chi connectivity index (χ3v) is 8.55. The van der Waals surface area contributed by atoms with Crippen molar-refractivity contribution in [3.05, 3.63) is 94.9 Å². The summed E-state index contributed by atoms with van der Waals surface area (Å²) in [5.74, 6) is -2.47. The molecule has 0 aliphatic carbocycles. The van der Waals surface area contributed by atoms with Gasteiger partial charge in [-0.05, 0) is 50.5 Å². The van der Waals surface area contributed by atoms with E-state index in [9.17, 15) is 36.0 Å². The lowest BCUT2D eigenvalue weighted by Crippen LogP contribution is -2.70. The van der Waals surface area contributed by atoms with Crippen LogP contribution in [0.15, 0.2) is 83.8 Å². The summed E-state index contributed by atoms with van der Waals surface area (Å²) in [5, 5.41) is 1.69. The number of amides is 2. The van der Waals surface area contributed by atoms with Crippen LogP contribution < -0.4 is 5.32 Å². The smallest absolute Gasteiger partial charge is 0.448 e. The topological polar surface area (TPSA) is 128 Å². The second kappa shape index (κ2) is 12.6. The first-order chi connectivity index (χ1) is 20.5. The van der Waals surface area contributed by atoms with Gasteiger partial charge in [0.25, 0.3) is 5.91 Å². The Kier molecular flexibility index (Phi) is 9.40. The fourth-order valence-corrected chi connectivity index (χ4v) is 6.21. The Balaban J connectivity index is 1.72. The number of halogens is 3. The van der Waals surface area contributed by atoms with Crippen molar-refractivity contribution in [3.8, 4) is 0 Å². The fourth-order valence-electron chi connectivity index (χ4n) is 4.41. The number of rotatable bonds is 8. The van der Waals surface area contributed by atoms with Crippen LogP contribution in [0.25, 0.3) is 0 Å². The van der Waals surface area contributed by atoms with Gasteiger partial charge >= 0.3 is 27.7 Å². The van der Waals surface area contributed by atoms with Gasteiger partial charge in [0, 0.05) is 5.75 Å². The van der Waals surface area contributed by atoms with Crippen LogP contribution in [0.1, 0.15) is 44.9 Å². The number of hydrogen-bond donors (Lipinski definition) is 1. The molecule has 0 radical (unpaired) electrons. The van der Waals surface area contributed by atoms with Crippen LogP contribution in [0.4, 0.5) is 18.0 Å². The maximum atomic E-state index is 13.9. The molecule has 44 heavy (non-hydrogen) atoms. The van der Waals surface area contributed by atoms with Crippen molar-refractivity contribution in [2.45, 2.75) is 56.3 Å². The Bertz CT molecular complexity index is 1550. The molecule has 0 aromatic heterocycles. The molecule has 10 nitrogen and oxygen atoms in total. The standard InChI is InChI=1S/C29H29F3N2O8S2/c1-17(42-44(38,39)29(30,31)32)15-20-16-43-25-21(33-27(37)41-28(2,3)4)24(35)34(25)22(20)26(36)40-23(18-11-7-5-8-12-18)19-13-9-6-10-14-19/h5-15,21,23,25H,16H2,1-4H3,(H,33,37). The summed E-state index contributed by atoms with van der Waals surface area (Å²) < 4.78 is 77.4. The third-order valence-electron chi connectivity index (χ3n) is 6.20. The van der Waals surface area contributed by atoms with E-state index < -0.39 is 62.5 Å². The van der Waals surface area contributed by atoms with Crippen molar-refractivity contribution < 1.29 is 49.6 Å². The van der Waals surface area contributed by atoms with Gasteiger partial charge in [-0.1, -0.05) is 60.7 Å². The van der Waals surface area contributed by atoms with Gasteiger partial charge in [0.05, 0.1) is 0 Å². The summed E-state index contributed by atoms with van der Waals surface area (Å²) in [7, 11) is -5.99. The molecule has 2 aliphatic heterocycles. The molecule has 15 heteroatoms. The van der Waals surface area contributed by atoms with Gasteiger partial charge in [-0.3, -0.25) is 9.69 Å². The number of carbonyl (C=O) groups excluding carboxylic acids is 3. The SMILES string of the molecule is CC(=CC1=C(C(=O)OC(c2ccccc2)c2ccccc2)N2C(=O)C(NC(=O)OC(C)(C)C)C2SC1)OS(=O)(=O)C(F)(F)F. The molecule has 236 valence electrons. The van der Waals surface area contributed by atoms with Crippen LogP contribution in [0.2, 0.25) is 0 Å². The van der Waals surface area contributed by atoms with Gasteiger partial charge in [0.2, 0.25) is 0 Å². The van der Waals surface area contributed by atoms with E-state index in [1.807, 2.05) is 0 Å². The van der Waals surface area contributed by atoms with Crippen LogP contribution in [-0.4, -0.2) is 59.6 Å². The highest BCUT2D eigenvalue weighted by molar-refractivity contribution is 8.00. The molecule has 0 spiro atoms. The summed E-state index contributed by atoms with van der Waals surface area (Å²) >= 11 is 1.09. The number of carbonyl (C=O) groups is 3. The average molecular weight is 655 g/mol. The summed E-state index contributed by atoms with van der Waals surface area (Å²) in [5.41, 5.74) is -5.68. The van der Waals surface area contributed by atoms with Crippen molar-refractivity contribution in [1.82, 2.24) is 10.2 Å². The van der Waals surface area contributed by atoms with Crippen LogP contribution >= 0.6 is 11.8 Å². The molecular weight excluding hydrogens is 625 g/mol. The zero-order chi connectivity index (χ0) is 32.4. The third kappa shape index (κ3) is 7.38. The van der Waals surface area contributed by atoms with Gasteiger partial charge < -0.3 is 19.0 Å². The van der Waals surface area contributed by atoms with Crippen molar-refractivity contribution in [2.75, 3.05) is 5.75 Å². The van der Waals surface area contributed by atoms with E-state index in [4.69, 9.17) is 9.47 Å². The molecule has 2 atom stereocenters. The van der Waals surface area contributed by atoms with E-state index in [2.05, 4.69) is 9.50 Å². The maximum absolute atomic E-state index is 13.9. The number of thioether (sulfide) groups is 1. The van der Waals surface area contributed by atoms with Crippen molar-refractivity contribution in [3.63, 3.8) is 0 Å². The van der Waals surface area contributed by atoms with E-state index in [0.717, 1.165) is 29.7 Å². The Morgan fingerprint density at radius 1 is 1.02 bits per heavy atom. The Hall–Kier alpha value is -3.98. The number of allylic oxidation sites excluding steroid dienone is 2. The molecule has 1 N–H and O–H groups in total. The lowest BCUT2D eigenvalue weighted by atomic mass is 10.0. The zero-order valence-corrected chi connectivity index (χ0v) is 25.6. The number of alkyl carbamates (subject to hydrolysis) is 1. The van der Waals surface area contributed by atoms with E-state index in [0.29, 0.717) is 11.1 Å². The average Bonchev–Trinajstić information content (AvgIpc) is 2.93. The minimum absolute atomic E-state index is 0.0185. The van der Waals surface area contributed by atoms with Crippen LogP contribution in [0, 0.1) is 0 Å². The Morgan fingerprint density at radius 2 is 1.57 bits per heavy atom. The number of nitrogens with zero attached hydrogens (tertiary/aromatic N) is 1. The molecular formula is C29H29F3N2O8S2. The number of fused-ring (bicyclic) bond motifs is 1. The molecule has 2 amide bonds. The van der Waals surface area contributed by atoms with E-state index in [1.165, 1.54) is 0 Å². The van der Waals surface area contributed by atoms with Crippen molar-refractivity contribution >= 4 is 39.8 Å². The van der Waals surface area contributed by atoms with Crippen molar-refractivity contribution in [1.29, 1.82) is 0 Å². The van der Waals surface area contributed by atoms with Crippen LogP contribution in [0.3, 0.4) is 0 Å². The minimum atomic E-state index is -5.99. The molecule has 4 rings (SSSR count). The van der Waals surface area contributed by atoms with Gasteiger partial charge in [-0.2, -0.15) is 21.6 Å². The largest absolute Gasteiger partial charge is 0.534 e. The number of esters is 1. The summed E-state index contributed by atoms with van der Waals surface area (Å²) in [6, 6.07) is 16.4. The summed E-state index contributed by atoms with van der Waals surface area (Å²) in [6.45, 7) is 5.90. The van der Waals surface area contributed by atoms with Gasteiger partial charge in [0.15, 0.2) is 6.10 Å². The number of nitrogens with one attached hydrogen (secondary N) is 1. The quantitative estimate of drug-likeness (QED) is 0.135. The van der Waals surface area contributed by atoms with Crippen LogP contribution in [-0.2, 0) is 33.4 Å². The number of ether oxygens (including phenoxy) is 2. The number of β-lactam (4-membered cyclic amide) rings is 1. The van der Waals surface area contributed by atoms with Gasteiger partial charge in [0.1, 0.15) is 28.5 Å². The van der Waals surface area contributed by atoms with Crippen LogP contribution in [0.5, 0.6) is 0 Å². The van der Waals surface area contributed by atoms with Crippen molar-refractivity contribution in [2.24, 2.45) is 0 Å².